The molecular weight excluding hydrogens is 400 g/mol. The van der Waals surface area contributed by atoms with Crippen LogP contribution in [0.2, 0.25) is 0 Å². The molecule has 0 saturated carbocycles. The van der Waals surface area contributed by atoms with E-state index in [4.69, 9.17) is 15.1 Å². The van der Waals surface area contributed by atoms with Gasteiger partial charge in [0.05, 0.1) is 17.1 Å². The molecule has 0 bridgehead atoms. The maximum Gasteiger partial charge on any atom is 0.303 e. The maximum absolute atomic E-state index is 10.7. The molecular formula is C26H30N4O2. The molecule has 6 nitrogen and oxygen atoms in total. The topological polar surface area (TPSA) is 79.2 Å². The Morgan fingerprint density at radius 3 is 2.38 bits per heavy atom. The second-order valence-corrected chi connectivity index (χ2v) is 8.44. The summed E-state index contributed by atoms with van der Waals surface area (Å²) in [6.45, 7) is 4.00. The van der Waals surface area contributed by atoms with E-state index in [-0.39, 0.29) is 6.42 Å². The van der Waals surface area contributed by atoms with Gasteiger partial charge in [-0.25, -0.2) is 9.97 Å². The summed E-state index contributed by atoms with van der Waals surface area (Å²) < 4.78 is 0. The minimum Gasteiger partial charge on any atom is -0.481 e. The van der Waals surface area contributed by atoms with E-state index in [0.717, 1.165) is 85.6 Å². The van der Waals surface area contributed by atoms with Gasteiger partial charge in [0, 0.05) is 43.0 Å². The highest BCUT2D eigenvalue weighted by atomic mass is 16.4. The Bertz CT molecular complexity index is 1050. The van der Waals surface area contributed by atoms with Crippen LogP contribution < -0.4 is 4.90 Å². The lowest BCUT2D eigenvalue weighted by atomic mass is 10.0. The van der Waals surface area contributed by atoms with Crippen molar-refractivity contribution in [1.29, 1.82) is 0 Å². The highest BCUT2D eigenvalue weighted by Gasteiger charge is 2.23. The number of rotatable bonds is 9. The number of benzene rings is 1. The molecule has 0 radical (unpaired) electrons. The molecule has 1 aliphatic heterocycles. The van der Waals surface area contributed by atoms with Gasteiger partial charge < -0.3 is 10.0 Å². The normalized spacial score (nSPS) is 13.1. The summed E-state index contributed by atoms with van der Waals surface area (Å²) in [4.78, 5) is 27.5. The van der Waals surface area contributed by atoms with Crippen LogP contribution in [0.5, 0.6) is 0 Å². The van der Waals surface area contributed by atoms with Crippen LogP contribution in [0.25, 0.3) is 22.5 Å². The Morgan fingerprint density at radius 1 is 0.938 bits per heavy atom. The number of carbonyl (C=O) groups is 1. The van der Waals surface area contributed by atoms with E-state index < -0.39 is 5.97 Å². The van der Waals surface area contributed by atoms with Gasteiger partial charge in [-0.3, -0.25) is 9.78 Å². The van der Waals surface area contributed by atoms with Crippen molar-refractivity contribution in [2.45, 2.75) is 51.9 Å². The van der Waals surface area contributed by atoms with E-state index in [1.807, 2.05) is 12.1 Å². The van der Waals surface area contributed by atoms with Crippen LogP contribution in [0.1, 0.15) is 49.8 Å². The SMILES string of the molecule is Cc1ccc(-c2nc3c(nc2-c2ccncc2)N(CCCCCCC(=O)O)CCC3)cc1. The Morgan fingerprint density at radius 2 is 1.62 bits per heavy atom. The lowest BCUT2D eigenvalue weighted by Gasteiger charge is -2.30. The molecule has 2 aromatic heterocycles. The number of carboxylic acid groups (broad SMARTS) is 1. The Kier molecular flexibility index (Phi) is 7.10. The fourth-order valence-electron chi connectivity index (χ4n) is 4.20. The lowest BCUT2D eigenvalue weighted by molar-refractivity contribution is -0.137. The number of unbranched alkanes of at least 4 members (excludes halogenated alkanes) is 3. The van der Waals surface area contributed by atoms with Crippen molar-refractivity contribution in [3.05, 3.63) is 60.0 Å². The molecule has 0 unspecified atom stereocenters. The van der Waals surface area contributed by atoms with Crippen molar-refractivity contribution in [2.75, 3.05) is 18.0 Å². The predicted molar refractivity (Wildman–Crippen MR) is 127 cm³/mol. The molecule has 4 rings (SSSR count). The van der Waals surface area contributed by atoms with Crippen LogP contribution >= 0.6 is 0 Å². The number of aliphatic carboxylic acids is 1. The molecule has 0 atom stereocenters. The summed E-state index contributed by atoms with van der Waals surface area (Å²) in [6, 6.07) is 12.4. The quantitative estimate of drug-likeness (QED) is 0.464. The molecule has 1 aliphatic rings. The van der Waals surface area contributed by atoms with Crippen LogP contribution in [-0.4, -0.2) is 39.1 Å². The summed E-state index contributed by atoms with van der Waals surface area (Å²) in [7, 11) is 0. The highest BCUT2D eigenvalue weighted by molar-refractivity contribution is 5.79. The first kappa shape index (κ1) is 21.9. The minimum atomic E-state index is -0.710. The van der Waals surface area contributed by atoms with Gasteiger partial charge in [0.15, 0.2) is 5.82 Å². The number of hydrogen-bond acceptors (Lipinski definition) is 5. The summed E-state index contributed by atoms with van der Waals surface area (Å²) in [6.07, 6.45) is 9.63. The summed E-state index contributed by atoms with van der Waals surface area (Å²) in [5.74, 6) is 0.280. The van der Waals surface area contributed by atoms with Crippen molar-refractivity contribution in [3.8, 4) is 22.5 Å². The van der Waals surface area contributed by atoms with Gasteiger partial charge >= 0.3 is 5.97 Å². The van der Waals surface area contributed by atoms with Gasteiger partial charge in [0.1, 0.15) is 0 Å². The van der Waals surface area contributed by atoms with E-state index in [1.54, 1.807) is 12.4 Å². The maximum atomic E-state index is 10.7. The zero-order valence-electron chi connectivity index (χ0n) is 18.6. The molecule has 166 valence electrons. The van der Waals surface area contributed by atoms with E-state index in [0.29, 0.717) is 0 Å². The molecule has 0 amide bonds. The van der Waals surface area contributed by atoms with E-state index >= 15 is 0 Å². The van der Waals surface area contributed by atoms with Gasteiger partial charge in [-0.15, -0.1) is 0 Å². The Hall–Kier alpha value is -3.28. The van der Waals surface area contributed by atoms with Crippen LogP contribution in [0, 0.1) is 6.92 Å². The third kappa shape index (κ3) is 5.31. The number of aromatic nitrogens is 3. The smallest absolute Gasteiger partial charge is 0.303 e. The number of pyridine rings is 1. The van der Waals surface area contributed by atoms with Gasteiger partial charge in [0.25, 0.3) is 0 Å². The number of aryl methyl sites for hydroxylation is 2. The highest BCUT2D eigenvalue weighted by Crippen LogP contribution is 2.34. The first-order valence-electron chi connectivity index (χ1n) is 11.5. The number of nitrogens with zero attached hydrogens (tertiary/aromatic N) is 4. The standard InChI is InChI=1S/C26H30N4O2/c1-19-9-11-20(12-10-19)24-25(21-13-15-27-16-14-21)29-26-22(28-24)7-6-18-30(26)17-5-3-2-4-8-23(31)32/h9-16H,2-8,17-18H2,1H3,(H,31,32). The average molecular weight is 431 g/mol. The lowest BCUT2D eigenvalue weighted by Crippen LogP contribution is -2.32. The second-order valence-electron chi connectivity index (χ2n) is 8.44. The average Bonchev–Trinajstić information content (AvgIpc) is 2.81. The minimum absolute atomic E-state index is 0.259. The predicted octanol–water partition coefficient (Wildman–Crippen LogP) is 5.30. The molecule has 0 spiro atoms. The van der Waals surface area contributed by atoms with E-state index in [9.17, 15) is 4.79 Å². The summed E-state index contributed by atoms with van der Waals surface area (Å²) >= 11 is 0. The molecule has 0 fully saturated rings. The van der Waals surface area contributed by atoms with Crippen LogP contribution in [-0.2, 0) is 11.2 Å². The fourth-order valence-corrected chi connectivity index (χ4v) is 4.20. The molecule has 3 heterocycles. The van der Waals surface area contributed by atoms with Crippen molar-refractivity contribution < 1.29 is 9.90 Å². The zero-order chi connectivity index (χ0) is 22.3. The fraction of sp³-hybridized carbons (Fsp3) is 0.385. The van der Waals surface area contributed by atoms with E-state index in [2.05, 4.69) is 41.1 Å². The largest absolute Gasteiger partial charge is 0.481 e. The third-order valence-corrected chi connectivity index (χ3v) is 5.94. The molecule has 6 heteroatoms. The molecule has 32 heavy (non-hydrogen) atoms. The Labute approximate surface area is 189 Å². The van der Waals surface area contributed by atoms with Gasteiger partial charge in [0.2, 0.25) is 0 Å². The number of carboxylic acids is 1. The third-order valence-electron chi connectivity index (χ3n) is 5.94. The zero-order valence-corrected chi connectivity index (χ0v) is 18.6. The monoisotopic (exact) mass is 430 g/mol. The first-order valence-corrected chi connectivity index (χ1v) is 11.5. The summed E-state index contributed by atoms with van der Waals surface area (Å²) in [5, 5.41) is 8.79. The first-order chi connectivity index (χ1) is 15.6. The van der Waals surface area contributed by atoms with Gasteiger partial charge in [-0.2, -0.15) is 0 Å². The van der Waals surface area contributed by atoms with Crippen LogP contribution in [0.15, 0.2) is 48.8 Å². The molecule has 1 aromatic carbocycles. The molecule has 0 aliphatic carbocycles. The number of hydrogen-bond donors (Lipinski definition) is 1. The Balaban J connectivity index is 1.60. The van der Waals surface area contributed by atoms with Crippen LogP contribution in [0.3, 0.4) is 0 Å². The second kappa shape index (κ2) is 10.4. The van der Waals surface area contributed by atoms with Crippen molar-refractivity contribution in [1.82, 2.24) is 15.0 Å². The van der Waals surface area contributed by atoms with Crippen molar-refractivity contribution >= 4 is 11.8 Å². The van der Waals surface area contributed by atoms with Gasteiger partial charge in [-0.1, -0.05) is 42.7 Å². The van der Waals surface area contributed by atoms with Crippen LogP contribution in [0.4, 0.5) is 5.82 Å². The molecule has 1 N–H and O–H groups in total. The summed E-state index contributed by atoms with van der Waals surface area (Å²) in [5.41, 5.74) is 6.20. The molecule has 3 aromatic rings. The van der Waals surface area contributed by atoms with Crippen molar-refractivity contribution in [3.63, 3.8) is 0 Å². The van der Waals surface area contributed by atoms with Crippen molar-refractivity contribution in [2.24, 2.45) is 0 Å². The number of anilines is 1. The van der Waals surface area contributed by atoms with Gasteiger partial charge in [-0.05, 0) is 44.7 Å². The number of fused-ring (bicyclic) bond motifs is 1. The van der Waals surface area contributed by atoms with E-state index in [1.165, 1.54) is 5.56 Å². The molecule has 0 saturated heterocycles.